The molecule has 4 rings (SSSR count). The van der Waals surface area contributed by atoms with Crippen LogP contribution >= 0.6 is 0 Å². The van der Waals surface area contributed by atoms with Gasteiger partial charge < -0.3 is 10.2 Å². The summed E-state index contributed by atoms with van der Waals surface area (Å²) in [5.74, 6) is -0.00481. The van der Waals surface area contributed by atoms with Gasteiger partial charge in [-0.1, -0.05) is 30.3 Å². The number of nitrogens with zero attached hydrogens (tertiary/aromatic N) is 3. The van der Waals surface area contributed by atoms with Gasteiger partial charge in [0.1, 0.15) is 0 Å². The van der Waals surface area contributed by atoms with Gasteiger partial charge >= 0.3 is 0 Å². The fourth-order valence-electron chi connectivity index (χ4n) is 3.20. The first-order valence-corrected chi connectivity index (χ1v) is 8.45. The third-order valence-electron chi connectivity index (χ3n) is 4.54. The molecular weight excluding hydrogens is 312 g/mol. The number of amides is 1. The predicted molar refractivity (Wildman–Crippen MR) is 98.1 cm³/mol. The van der Waals surface area contributed by atoms with Crippen molar-refractivity contribution >= 4 is 11.6 Å². The highest BCUT2D eigenvalue weighted by atomic mass is 16.1. The minimum atomic E-state index is -0.00481. The molecule has 5 heteroatoms. The van der Waals surface area contributed by atoms with Crippen LogP contribution in [0.4, 0.5) is 5.69 Å². The van der Waals surface area contributed by atoms with Crippen molar-refractivity contribution < 1.29 is 4.79 Å². The van der Waals surface area contributed by atoms with Gasteiger partial charge in [0.05, 0.1) is 16.9 Å². The van der Waals surface area contributed by atoms with Crippen molar-refractivity contribution in [2.24, 2.45) is 0 Å². The zero-order chi connectivity index (χ0) is 17.2. The molecule has 1 aliphatic rings. The molecule has 2 aromatic carbocycles. The van der Waals surface area contributed by atoms with Gasteiger partial charge in [0.25, 0.3) is 5.91 Å². The van der Waals surface area contributed by atoms with Crippen LogP contribution in [0.25, 0.3) is 5.69 Å². The van der Waals surface area contributed by atoms with Gasteiger partial charge in [0.2, 0.25) is 0 Å². The summed E-state index contributed by atoms with van der Waals surface area (Å²) >= 11 is 0. The monoisotopic (exact) mass is 332 g/mol. The lowest BCUT2D eigenvalue weighted by Gasteiger charge is -2.23. The molecule has 0 saturated carbocycles. The van der Waals surface area contributed by atoms with Crippen molar-refractivity contribution in [1.29, 1.82) is 0 Å². The summed E-state index contributed by atoms with van der Waals surface area (Å²) in [4.78, 5) is 14.4. The molecule has 0 aliphatic carbocycles. The molecule has 1 aliphatic heterocycles. The second-order valence-electron chi connectivity index (χ2n) is 6.21. The van der Waals surface area contributed by atoms with Crippen LogP contribution in [-0.4, -0.2) is 28.8 Å². The Labute approximate surface area is 146 Å². The highest BCUT2D eigenvalue weighted by Crippen LogP contribution is 2.25. The molecule has 1 amide bonds. The van der Waals surface area contributed by atoms with Gasteiger partial charge in [0, 0.05) is 37.1 Å². The maximum absolute atomic E-state index is 12.2. The molecular formula is C20H20N4O. The minimum absolute atomic E-state index is 0.00481. The molecule has 0 fully saturated rings. The van der Waals surface area contributed by atoms with Crippen LogP contribution in [0.1, 0.15) is 21.6 Å². The van der Waals surface area contributed by atoms with Gasteiger partial charge in [0.15, 0.2) is 0 Å². The lowest BCUT2D eigenvalue weighted by Crippen LogP contribution is -2.29. The van der Waals surface area contributed by atoms with Crippen molar-refractivity contribution in [3.8, 4) is 5.69 Å². The van der Waals surface area contributed by atoms with E-state index in [0.29, 0.717) is 6.54 Å². The van der Waals surface area contributed by atoms with E-state index in [0.717, 1.165) is 41.3 Å². The van der Waals surface area contributed by atoms with Crippen LogP contribution < -0.4 is 10.2 Å². The molecule has 0 radical (unpaired) electrons. The number of anilines is 1. The highest BCUT2D eigenvalue weighted by Gasteiger charge is 2.21. The van der Waals surface area contributed by atoms with Gasteiger partial charge in [-0.3, -0.25) is 4.79 Å². The molecule has 0 saturated heterocycles. The van der Waals surface area contributed by atoms with E-state index in [4.69, 9.17) is 0 Å². The Balaban J connectivity index is 1.65. The summed E-state index contributed by atoms with van der Waals surface area (Å²) < 4.78 is 1.91. The van der Waals surface area contributed by atoms with Crippen molar-refractivity contribution in [3.05, 3.63) is 77.6 Å². The quantitative estimate of drug-likeness (QED) is 0.802. The normalized spacial score (nSPS) is 14.0. The fraction of sp³-hybridized carbons (Fsp3) is 0.200. The van der Waals surface area contributed by atoms with Crippen LogP contribution in [0.15, 0.2) is 60.8 Å². The first-order valence-electron chi connectivity index (χ1n) is 8.45. The number of rotatable bonds is 3. The van der Waals surface area contributed by atoms with Gasteiger partial charge in [-0.15, -0.1) is 0 Å². The Hall–Kier alpha value is -3.08. The summed E-state index contributed by atoms with van der Waals surface area (Å²) in [7, 11) is 0. The van der Waals surface area contributed by atoms with Gasteiger partial charge in [-0.25, -0.2) is 4.68 Å². The van der Waals surface area contributed by atoms with Crippen LogP contribution in [0.5, 0.6) is 0 Å². The lowest BCUT2D eigenvalue weighted by atomic mass is 10.1. The Morgan fingerprint density at radius 3 is 2.68 bits per heavy atom. The topological polar surface area (TPSA) is 50.2 Å². The molecule has 2 heterocycles. The maximum atomic E-state index is 12.2. The average molecular weight is 332 g/mol. The van der Waals surface area contributed by atoms with Crippen LogP contribution in [-0.2, 0) is 6.54 Å². The Kier molecular flexibility index (Phi) is 3.98. The number of carbonyl (C=O) groups excluding carboxylic acids is 1. The van der Waals surface area contributed by atoms with Crippen molar-refractivity contribution in [1.82, 2.24) is 15.1 Å². The molecule has 0 spiro atoms. The smallest absolute Gasteiger partial charge is 0.253 e. The standard InChI is InChI=1S/C20H20N4O/c1-15-16(14-24(22-15)17-7-3-2-4-8-17)13-23-12-11-21-20(25)18-9-5-6-10-19(18)23/h2-10,14H,11-13H2,1H3,(H,21,25). The van der Waals surface area contributed by atoms with E-state index in [-0.39, 0.29) is 5.91 Å². The predicted octanol–water partition coefficient (Wildman–Crippen LogP) is 2.93. The lowest BCUT2D eigenvalue weighted by molar-refractivity contribution is 0.0958. The van der Waals surface area contributed by atoms with E-state index in [1.165, 1.54) is 0 Å². The zero-order valence-corrected chi connectivity index (χ0v) is 14.1. The largest absolute Gasteiger partial charge is 0.365 e. The van der Waals surface area contributed by atoms with Crippen molar-refractivity contribution in [2.75, 3.05) is 18.0 Å². The highest BCUT2D eigenvalue weighted by molar-refractivity contribution is 6.00. The summed E-state index contributed by atoms with van der Waals surface area (Å²) in [6.45, 7) is 4.17. The average Bonchev–Trinajstić information content (AvgIpc) is 2.94. The SMILES string of the molecule is Cc1nn(-c2ccccc2)cc1CN1CCNC(=O)c2ccccc21. The summed E-state index contributed by atoms with van der Waals surface area (Å²) in [6, 6.07) is 17.9. The molecule has 3 aromatic rings. The second kappa shape index (κ2) is 6.43. The third kappa shape index (κ3) is 3.01. The number of nitrogens with one attached hydrogen (secondary N) is 1. The van der Waals surface area contributed by atoms with Crippen molar-refractivity contribution in [2.45, 2.75) is 13.5 Å². The summed E-state index contributed by atoms with van der Waals surface area (Å²) in [5.41, 5.74) is 4.92. The third-order valence-corrected chi connectivity index (χ3v) is 4.54. The number of fused-ring (bicyclic) bond motifs is 1. The first kappa shape index (κ1) is 15.4. The van der Waals surface area contributed by atoms with E-state index >= 15 is 0 Å². The molecule has 25 heavy (non-hydrogen) atoms. The molecule has 0 unspecified atom stereocenters. The first-order chi connectivity index (χ1) is 12.2. The van der Waals surface area contributed by atoms with Crippen molar-refractivity contribution in [3.63, 3.8) is 0 Å². The van der Waals surface area contributed by atoms with Crippen LogP contribution in [0.2, 0.25) is 0 Å². The Bertz CT molecular complexity index is 901. The van der Waals surface area contributed by atoms with E-state index in [9.17, 15) is 4.79 Å². The molecule has 0 atom stereocenters. The fourth-order valence-corrected chi connectivity index (χ4v) is 3.20. The van der Waals surface area contributed by atoms with E-state index in [2.05, 4.69) is 21.5 Å². The number of hydrogen-bond donors (Lipinski definition) is 1. The van der Waals surface area contributed by atoms with Gasteiger partial charge in [-0.05, 0) is 31.2 Å². The number of carbonyl (C=O) groups is 1. The van der Waals surface area contributed by atoms with E-state index < -0.39 is 0 Å². The number of benzene rings is 2. The summed E-state index contributed by atoms with van der Waals surface area (Å²) in [6.07, 6.45) is 2.08. The van der Waals surface area contributed by atoms with Crippen LogP contribution in [0.3, 0.4) is 0 Å². The number of aromatic nitrogens is 2. The molecule has 1 N–H and O–H groups in total. The van der Waals surface area contributed by atoms with E-state index in [1.54, 1.807) is 0 Å². The van der Waals surface area contributed by atoms with Crippen LogP contribution in [0, 0.1) is 6.92 Å². The summed E-state index contributed by atoms with van der Waals surface area (Å²) in [5, 5.41) is 7.61. The van der Waals surface area contributed by atoms with Gasteiger partial charge in [-0.2, -0.15) is 5.10 Å². The molecule has 5 nitrogen and oxygen atoms in total. The molecule has 126 valence electrons. The number of para-hydroxylation sites is 2. The van der Waals surface area contributed by atoms with E-state index in [1.807, 2.05) is 66.2 Å². The minimum Gasteiger partial charge on any atom is -0.365 e. The number of hydrogen-bond acceptors (Lipinski definition) is 3. The Morgan fingerprint density at radius 2 is 1.84 bits per heavy atom. The molecule has 1 aromatic heterocycles. The second-order valence-corrected chi connectivity index (χ2v) is 6.21. The zero-order valence-electron chi connectivity index (χ0n) is 14.1. The molecule has 0 bridgehead atoms. The maximum Gasteiger partial charge on any atom is 0.253 e. The number of aryl methyl sites for hydroxylation is 1. The Morgan fingerprint density at radius 1 is 1.08 bits per heavy atom.